The molecule has 0 saturated carbocycles. The minimum absolute atomic E-state index is 0.290. The first-order valence-corrected chi connectivity index (χ1v) is 6.10. The molecule has 1 aromatic rings. The Labute approximate surface area is 99.4 Å². The van der Waals surface area contributed by atoms with Crippen LogP contribution >= 0.6 is 0 Å². The summed E-state index contributed by atoms with van der Waals surface area (Å²) in [4.78, 5) is 0. The van der Waals surface area contributed by atoms with E-state index in [9.17, 15) is 0 Å². The zero-order valence-corrected chi connectivity index (χ0v) is 11.4. The first-order chi connectivity index (χ1) is 7.30. The molecule has 0 aromatic carbocycles. The van der Waals surface area contributed by atoms with Crippen molar-refractivity contribution in [3.05, 3.63) is 23.7 Å². The lowest BCUT2D eigenvalue weighted by atomic mass is 9.82. The third kappa shape index (κ3) is 3.67. The van der Waals surface area contributed by atoms with Crippen molar-refractivity contribution in [2.75, 3.05) is 6.54 Å². The molecule has 2 nitrogen and oxygen atoms in total. The van der Waals surface area contributed by atoms with Crippen molar-refractivity contribution in [1.29, 1.82) is 0 Å². The van der Waals surface area contributed by atoms with E-state index >= 15 is 0 Å². The molecule has 1 rings (SSSR count). The minimum atomic E-state index is 0.290. The SMILES string of the molecule is Cc1ccc(C(C)NCC(C)C(C)(C)C)o1. The third-order valence-corrected chi connectivity index (χ3v) is 3.40. The van der Waals surface area contributed by atoms with Gasteiger partial charge in [0.05, 0.1) is 6.04 Å². The molecular formula is C14H25NO. The molecule has 2 heteroatoms. The largest absolute Gasteiger partial charge is 0.465 e. The molecule has 16 heavy (non-hydrogen) atoms. The van der Waals surface area contributed by atoms with Gasteiger partial charge in [-0.1, -0.05) is 27.7 Å². The van der Waals surface area contributed by atoms with Gasteiger partial charge in [0.1, 0.15) is 11.5 Å². The molecule has 0 spiro atoms. The highest BCUT2D eigenvalue weighted by Gasteiger charge is 2.20. The predicted octanol–water partition coefficient (Wildman–Crippen LogP) is 3.92. The molecule has 0 bridgehead atoms. The van der Waals surface area contributed by atoms with Gasteiger partial charge in [0, 0.05) is 0 Å². The average molecular weight is 223 g/mol. The Balaban J connectivity index is 2.44. The van der Waals surface area contributed by atoms with Crippen LogP contribution in [0.25, 0.3) is 0 Å². The van der Waals surface area contributed by atoms with E-state index < -0.39 is 0 Å². The lowest BCUT2D eigenvalue weighted by Gasteiger charge is -2.28. The smallest absolute Gasteiger partial charge is 0.120 e. The van der Waals surface area contributed by atoms with Gasteiger partial charge in [-0.3, -0.25) is 0 Å². The zero-order valence-electron chi connectivity index (χ0n) is 11.4. The molecule has 1 N–H and O–H groups in total. The summed E-state index contributed by atoms with van der Waals surface area (Å²) in [6.45, 7) is 14.3. The molecule has 1 heterocycles. The van der Waals surface area contributed by atoms with E-state index in [0.29, 0.717) is 17.4 Å². The minimum Gasteiger partial charge on any atom is -0.465 e. The molecule has 1 aromatic heterocycles. The molecule has 0 aliphatic rings. The van der Waals surface area contributed by atoms with Crippen LogP contribution in [0.3, 0.4) is 0 Å². The van der Waals surface area contributed by atoms with E-state index in [1.54, 1.807) is 0 Å². The Hall–Kier alpha value is -0.760. The van der Waals surface area contributed by atoms with E-state index in [-0.39, 0.29) is 0 Å². The van der Waals surface area contributed by atoms with Crippen LogP contribution in [-0.2, 0) is 0 Å². The second-order valence-electron chi connectivity index (χ2n) is 5.85. The molecule has 0 radical (unpaired) electrons. The topological polar surface area (TPSA) is 25.2 Å². The molecule has 0 aliphatic carbocycles. The monoisotopic (exact) mass is 223 g/mol. The van der Waals surface area contributed by atoms with E-state index in [1.165, 1.54) is 0 Å². The Bertz CT molecular complexity index is 322. The van der Waals surface area contributed by atoms with Crippen LogP contribution in [-0.4, -0.2) is 6.54 Å². The van der Waals surface area contributed by atoms with Crippen LogP contribution in [0.5, 0.6) is 0 Å². The Morgan fingerprint density at radius 2 is 1.88 bits per heavy atom. The van der Waals surface area contributed by atoms with Crippen LogP contribution in [0.15, 0.2) is 16.5 Å². The van der Waals surface area contributed by atoms with Gasteiger partial charge in [0.25, 0.3) is 0 Å². The second kappa shape index (κ2) is 5.05. The maximum atomic E-state index is 5.60. The second-order valence-corrected chi connectivity index (χ2v) is 5.85. The van der Waals surface area contributed by atoms with Crippen molar-refractivity contribution in [2.45, 2.75) is 47.6 Å². The zero-order chi connectivity index (χ0) is 12.3. The summed E-state index contributed by atoms with van der Waals surface area (Å²) in [5.41, 5.74) is 0.353. The lowest BCUT2D eigenvalue weighted by molar-refractivity contribution is 0.243. The van der Waals surface area contributed by atoms with Crippen molar-refractivity contribution in [1.82, 2.24) is 5.32 Å². The average Bonchev–Trinajstić information content (AvgIpc) is 2.59. The van der Waals surface area contributed by atoms with E-state index in [2.05, 4.69) is 46.0 Å². The van der Waals surface area contributed by atoms with Gasteiger partial charge >= 0.3 is 0 Å². The number of furan rings is 1. The molecule has 92 valence electrons. The van der Waals surface area contributed by atoms with Crippen molar-refractivity contribution >= 4 is 0 Å². The lowest BCUT2D eigenvalue weighted by Crippen LogP contribution is -2.31. The maximum Gasteiger partial charge on any atom is 0.120 e. The molecule has 0 fully saturated rings. The van der Waals surface area contributed by atoms with Gasteiger partial charge in [0.2, 0.25) is 0 Å². The van der Waals surface area contributed by atoms with Crippen molar-refractivity contribution < 1.29 is 4.42 Å². The maximum absolute atomic E-state index is 5.60. The third-order valence-electron chi connectivity index (χ3n) is 3.40. The molecular weight excluding hydrogens is 198 g/mol. The van der Waals surface area contributed by atoms with Gasteiger partial charge in [-0.05, 0) is 43.9 Å². The van der Waals surface area contributed by atoms with E-state index in [1.807, 2.05) is 13.0 Å². The Morgan fingerprint density at radius 1 is 1.25 bits per heavy atom. The van der Waals surface area contributed by atoms with E-state index in [4.69, 9.17) is 4.42 Å². The fourth-order valence-electron chi connectivity index (χ4n) is 1.45. The quantitative estimate of drug-likeness (QED) is 0.837. The van der Waals surface area contributed by atoms with Crippen LogP contribution in [0.1, 0.15) is 52.2 Å². The fraction of sp³-hybridized carbons (Fsp3) is 0.714. The summed E-state index contributed by atoms with van der Waals surface area (Å²) in [7, 11) is 0. The standard InChI is InChI=1S/C14H25NO/c1-10(14(4,5)6)9-15-12(3)13-8-7-11(2)16-13/h7-8,10,12,15H,9H2,1-6H3. The summed E-state index contributed by atoms with van der Waals surface area (Å²) in [6, 6.07) is 4.36. The van der Waals surface area contributed by atoms with Crippen LogP contribution < -0.4 is 5.32 Å². The van der Waals surface area contributed by atoms with Crippen LogP contribution in [0, 0.1) is 18.3 Å². The van der Waals surface area contributed by atoms with Crippen LogP contribution in [0.2, 0.25) is 0 Å². The molecule has 2 atom stereocenters. The summed E-state index contributed by atoms with van der Waals surface area (Å²) in [6.07, 6.45) is 0. The normalized spacial score (nSPS) is 16.1. The molecule has 0 aliphatic heterocycles. The Kier molecular flexibility index (Phi) is 4.20. The first kappa shape index (κ1) is 13.3. The summed E-state index contributed by atoms with van der Waals surface area (Å²) >= 11 is 0. The summed E-state index contributed by atoms with van der Waals surface area (Å²) in [5, 5.41) is 3.52. The number of hydrogen-bond acceptors (Lipinski definition) is 2. The van der Waals surface area contributed by atoms with E-state index in [0.717, 1.165) is 18.1 Å². The highest BCUT2D eigenvalue weighted by Crippen LogP contribution is 2.25. The fourth-order valence-corrected chi connectivity index (χ4v) is 1.45. The van der Waals surface area contributed by atoms with Gasteiger partial charge < -0.3 is 9.73 Å². The number of nitrogens with one attached hydrogen (secondary N) is 1. The van der Waals surface area contributed by atoms with Gasteiger partial charge in [-0.15, -0.1) is 0 Å². The molecule has 0 amide bonds. The molecule has 0 saturated heterocycles. The first-order valence-electron chi connectivity index (χ1n) is 6.10. The Morgan fingerprint density at radius 3 is 2.31 bits per heavy atom. The number of rotatable bonds is 4. The van der Waals surface area contributed by atoms with Gasteiger partial charge in [-0.2, -0.15) is 0 Å². The highest BCUT2D eigenvalue weighted by atomic mass is 16.3. The number of aryl methyl sites for hydroxylation is 1. The van der Waals surface area contributed by atoms with Gasteiger partial charge in [-0.25, -0.2) is 0 Å². The summed E-state index contributed by atoms with van der Waals surface area (Å²) in [5.74, 6) is 2.65. The van der Waals surface area contributed by atoms with Crippen LogP contribution in [0.4, 0.5) is 0 Å². The molecule has 2 unspecified atom stereocenters. The number of hydrogen-bond donors (Lipinski definition) is 1. The van der Waals surface area contributed by atoms with Crippen molar-refractivity contribution in [3.63, 3.8) is 0 Å². The van der Waals surface area contributed by atoms with Crippen molar-refractivity contribution in [2.24, 2.45) is 11.3 Å². The van der Waals surface area contributed by atoms with Crippen molar-refractivity contribution in [3.8, 4) is 0 Å². The van der Waals surface area contributed by atoms with Gasteiger partial charge in [0.15, 0.2) is 0 Å². The highest BCUT2D eigenvalue weighted by molar-refractivity contribution is 5.08. The summed E-state index contributed by atoms with van der Waals surface area (Å²) < 4.78 is 5.60. The predicted molar refractivity (Wildman–Crippen MR) is 68.5 cm³/mol.